The van der Waals surface area contributed by atoms with E-state index < -0.39 is 5.92 Å². The van der Waals surface area contributed by atoms with Gasteiger partial charge in [-0.2, -0.15) is 4.99 Å². The quantitative estimate of drug-likeness (QED) is 0.686. The molecule has 3 aromatic rings. The number of anilines is 1. The Labute approximate surface area is 161 Å². The van der Waals surface area contributed by atoms with Gasteiger partial charge in [0, 0.05) is 25.7 Å². The average Bonchev–Trinajstić information content (AvgIpc) is 3.19. The third-order valence-corrected chi connectivity index (χ3v) is 6.37. The summed E-state index contributed by atoms with van der Waals surface area (Å²) in [6.07, 6.45) is 0.213. The zero-order valence-electron chi connectivity index (χ0n) is 15.6. The lowest BCUT2D eigenvalue weighted by molar-refractivity contribution is -0.123. The fourth-order valence-corrected chi connectivity index (χ4v) is 4.53. The van der Waals surface area contributed by atoms with E-state index in [0.717, 1.165) is 27.0 Å². The number of fused-ring (bicyclic) bond motifs is 1. The lowest BCUT2D eigenvalue weighted by atomic mass is 10.1. The average molecular weight is 379 g/mol. The predicted octanol–water partition coefficient (Wildman–Crippen LogP) is 3.34. The van der Waals surface area contributed by atoms with Gasteiger partial charge in [-0.15, -0.1) is 0 Å². The SMILES string of the molecule is Cc1cccc(N2CC(C(=O)N=c3sc4ccccc4n3C)CC2=O)c1C. The molecule has 1 aromatic heterocycles. The Bertz CT molecular complexity index is 1130. The van der Waals surface area contributed by atoms with Crippen molar-refractivity contribution in [2.45, 2.75) is 20.3 Å². The molecule has 2 aromatic carbocycles. The van der Waals surface area contributed by atoms with Crippen LogP contribution >= 0.6 is 11.3 Å². The Morgan fingerprint density at radius 2 is 1.93 bits per heavy atom. The van der Waals surface area contributed by atoms with E-state index in [0.29, 0.717) is 11.3 Å². The number of hydrogen-bond acceptors (Lipinski definition) is 3. The first-order valence-corrected chi connectivity index (χ1v) is 9.77. The van der Waals surface area contributed by atoms with Crippen LogP contribution in [0.4, 0.5) is 5.69 Å². The summed E-state index contributed by atoms with van der Waals surface area (Å²) in [5.41, 5.74) is 4.15. The third kappa shape index (κ3) is 3.10. The molecule has 5 nitrogen and oxygen atoms in total. The fourth-order valence-electron chi connectivity index (χ4n) is 3.51. The number of rotatable bonds is 2. The molecule has 1 unspecified atom stereocenters. The van der Waals surface area contributed by atoms with E-state index in [2.05, 4.69) is 4.99 Å². The van der Waals surface area contributed by atoms with Crippen LogP contribution in [0.1, 0.15) is 17.5 Å². The summed E-state index contributed by atoms with van der Waals surface area (Å²) in [7, 11) is 1.91. The molecule has 0 saturated carbocycles. The summed E-state index contributed by atoms with van der Waals surface area (Å²) in [5, 5.41) is 0. The molecule has 1 aliphatic rings. The van der Waals surface area contributed by atoms with Crippen molar-refractivity contribution < 1.29 is 9.59 Å². The molecular weight excluding hydrogens is 358 g/mol. The molecule has 1 atom stereocenters. The van der Waals surface area contributed by atoms with Gasteiger partial charge in [-0.3, -0.25) is 9.59 Å². The first kappa shape index (κ1) is 17.7. The number of amides is 2. The number of para-hydroxylation sites is 1. The highest BCUT2D eigenvalue weighted by Crippen LogP contribution is 2.29. The second kappa shape index (κ2) is 6.78. The summed E-state index contributed by atoms with van der Waals surface area (Å²) >= 11 is 1.49. The normalized spacial score (nSPS) is 17.9. The first-order chi connectivity index (χ1) is 13.0. The maximum absolute atomic E-state index is 12.8. The van der Waals surface area contributed by atoms with Gasteiger partial charge in [0.2, 0.25) is 5.91 Å². The highest BCUT2D eigenvalue weighted by molar-refractivity contribution is 7.16. The van der Waals surface area contributed by atoms with Crippen molar-refractivity contribution in [2.75, 3.05) is 11.4 Å². The van der Waals surface area contributed by atoms with Crippen LogP contribution in [0.15, 0.2) is 47.5 Å². The molecule has 6 heteroatoms. The van der Waals surface area contributed by atoms with E-state index in [1.54, 1.807) is 4.90 Å². The lowest BCUT2D eigenvalue weighted by Crippen LogP contribution is -2.27. The maximum atomic E-state index is 12.8. The Morgan fingerprint density at radius 1 is 1.15 bits per heavy atom. The highest BCUT2D eigenvalue weighted by atomic mass is 32.1. The number of aromatic nitrogens is 1. The van der Waals surface area contributed by atoms with Gasteiger partial charge in [0.15, 0.2) is 4.80 Å². The number of carbonyl (C=O) groups is 2. The molecule has 1 aliphatic heterocycles. The zero-order valence-corrected chi connectivity index (χ0v) is 16.4. The fraction of sp³-hybridized carbons (Fsp3) is 0.286. The van der Waals surface area contributed by atoms with E-state index in [1.807, 2.05) is 67.9 Å². The van der Waals surface area contributed by atoms with Crippen LogP contribution in [0.25, 0.3) is 10.2 Å². The number of nitrogens with zero attached hydrogens (tertiary/aromatic N) is 3. The van der Waals surface area contributed by atoms with Gasteiger partial charge >= 0.3 is 0 Å². The number of hydrogen-bond donors (Lipinski definition) is 0. The van der Waals surface area contributed by atoms with Gasteiger partial charge in [0.25, 0.3) is 5.91 Å². The molecule has 0 spiro atoms. The Hall–Kier alpha value is -2.73. The number of benzene rings is 2. The number of thiazole rings is 1. The molecule has 0 radical (unpaired) electrons. The van der Waals surface area contributed by atoms with Crippen molar-refractivity contribution in [3.8, 4) is 0 Å². The molecule has 0 bridgehead atoms. The van der Waals surface area contributed by atoms with Crippen molar-refractivity contribution >= 4 is 39.1 Å². The van der Waals surface area contributed by atoms with Gasteiger partial charge in [-0.1, -0.05) is 35.6 Å². The zero-order chi connectivity index (χ0) is 19.1. The van der Waals surface area contributed by atoms with Crippen LogP contribution in [-0.4, -0.2) is 22.9 Å². The van der Waals surface area contributed by atoms with Gasteiger partial charge in [0.1, 0.15) is 0 Å². The predicted molar refractivity (Wildman–Crippen MR) is 108 cm³/mol. The molecule has 4 rings (SSSR count). The molecule has 0 N–H and O–H groups in total. The molecule has 2 amide bonds. The van der Waals surface area contributed by atoms with E-state index in [9.17, 15) is 9.59 Å². The van der Waals surface area contributed by atoms with E-state index in [4.69, 9.17) is 0 Å². The lowest BCUT2D eigenvalue weighted by Gasteiger charge is -2.19. The summed E-state index contributed by atoms with van der Waals surface area (Å²) in [6.45, 7) is 4.42. The Balaban J connectivity index is 1.63. The van der Waals surface area contributed by atoms with Crippen molar-refractivity contribution in [3.05, 3.63) is 58.4 Å². The van der Waals surface area contributed by atoms with Crippen LogP contribution in [0.2, 0.25) is 0 Å². The van der Waals surface area contributed by atoms with Gasteiger partial charge < -0.3 is 9.47 Å². The second-order valence-electron chi connectivity index (χ2n) is 6.99. The second-order valence-corrected chi connectivity index (χ2v) is 7.99. The topological polar surface area (TPSA) is 54.7 Å². The molecule has 0 aliphatic carbocycles. The van der Waals surface area contributed by atoms with E-state index in [1.165, 1.54) is 11.3 Å². The van der Waals surface area contributed by atoms with Crippen molar-refractivity contribution in [3.63, 3.8) is 0 Å². The smallest absolute Gasteiger partial charge is 0.253 e. The van der Waals surface area contributed by atoms with Crippen LogP contribution in [0.3, 0.4) is 0 Å². The molecule has 1 fully saturated rings. The molecule has 27 heavy (non-hydrogen) atoms. The van der Waals surface area contributed by atoms with Gasteiger partial charge in [-0.05, 0) is 43.2 Å². The van der Waals surface area contributed by atoms with Crippen molar-refractivity contribution in [2.24, 2.45) is 18.0 Å². The van der Waals surface area contributed by atoms with Crippen LogP contribution in [0.5, 0.6) is 0 Å². The van der Waals surface area contributed by atoms with Crippen LogP contribution < -0.4 is 9.70 Å². The van der Waals surface area contributed by atoms with Gasteiger partial charge in [0.05, 0.1) is 16.1 Å². The summed E-state index contributed by atoms with van der Waals surface area (Å²) < 4.78 is 3.02. The van der Waals surface area contributed by atoms with Crippen molar-refractivity contribution in [1.82, 2.24) is 4.57 Å². The minimum absolute atomic E-state index is 0.0158. The third-order valence-electron chi connectivity index (χ3n) is 5.26. The highest BCUT2D eigenvalue weighted by Gasteiger charge is 2.35. The number of carbonyl (C=O) groups excluding carboxylic acids is 2. The van der Waals surface area contributed by atoms with Crippen molar-refractivity contribution in [1.29, 1.82) is 0 Å². The number of aryl methyl sites for hydroxylation is 2. The minimum atomic E-state index is -0.400. The largest absolute Gasteiger partial charge is 0.319 e. The molecular formula is C21H21N3O2S. The van der Waals surface area contributed by atoms with E-state index in [-0.39, 0.29) is 18.2 Å². The monoisotopic (exact) mass is 379 g/mol. The summed E-state index contributed by atoms with van der Waals surface area (Å²) in [4.78, 5) is 32.0. The molecule has 138 valence electrons. The van der Waals surface area contributed by atoms with E-state index >= 15 is 0 Å². The minimum Gasteiger partial charge on any atom is -0.319 e. The van der Waals surface area contributed by atoms with Crippen LogP contribution in [0, 0.1) is 19.8 Å². The Kier molecular flexibility index (Phi) is 4.44. The standard InChI is InChI=1S/C21H21N3O2S/c1-13-7-6-9-16(14(13)2)24-12-15(11-19(24)25)20(26)22-21-23(3)17-8-4-5-10-18(17)27-21/h4-10,15H,11-12H2,1-3H3. The van der Waals surface area contributed by atoms with Gasteiger partial charge in [-0.25, -0.2) is 0 Å². The maximum Gasteiger partial charge on any atom is 0.253 e. The summed E-state index contributed by atoms with van der Waals surface area (Å²) in [6, 6.07) is 13.9. The molecule has 2 heterocycles. The first-order valence-electron chi connectivity index (χ1n) is 8.95. The summed E-state index contributed by atoms with van der Waals surface area (Å²) in [5.74, 6) is -0.640. The Morgan fingerprint density at radius 3 is 2.70 bits per heavy atom. The molecule has 1 saturated heterocycles. The van der Waals surface area contributed by atoms with Crippen LogP contribution in [-0.2, 0) is 16.6 Å².